The van der Waals surface area contributed by atoms with E-state index in [1.165, 1.54) is 12.1 Å². The van der Waals surface area contributed by atoms with Crippen molar-refractivity contribution in [3.05, 3.63) is 23.8 Å². The Labute approximate surface area is 237 Å². The van der Waals surface area contributed by atoms with Crippen molar-refractivity contribution in [2.24, 2.45) is 23.5 Å². The molecule has 0 bridgehead atoms. The van der Waals surface area contributed by atoms with E-state index in [0.29, 0.717) is 5.56 Å². The fourth-order valence-corrected chi connectivity index (χ4v) is 3.70. The third-order valence-electron chi connectivity index (χ3n) is 7.05. The number of benzene rings is 1. The molecule has 40 heavy (non-hydrogen) atoms. The van der Waals surface area contributed by atoms with Crippen molar-refractivity contribution < 1.29 is 43.2 Å². The van der Waals surface area contributed by atoms with Gasteiger partial charge in [0.05, 0.1) is 6.61 Å². The molecule has 0 aliphatic carbocycles. The molecule has 0 fully saturated rings. The molecule has 6 atom stereocenters. The lowest BCUT2D eigenvalue weighted by Crippen LogP contribution is -2.38. The van der Waals surface area contributed by atoms with E-state index in [0.717, 1.165) is 19.3 Å². The van der Waals surface area contributed by atoms with Crippen molar-refractivity contribution in [2.75, 3.05) is 6.61 Å². The second-order valence-electron chi connectivity index (χ2n) is 10.8. The Hall–Kier alpha value is -3.14. The second kappa shape index (κ2) is 17.5. The molecular weight excluding hydrogens is 518 g/mol. The molecule has 10 nitrogen and oxygen atoms in total. The molecular formula is C30H47NO9. The van der Waals surface area contributed by atoms with Gasteiger partial charge in [0.1, 0.15) is 12.1 Å². The van der Waals surface area contributed by atoms with Crippen LogP contribution >= 0.6 is 0 Å². The summed E-state index contributed by atoms with van der Waals surface area (Å²) in [5.41, 5.74) is 6.47. The van der Waals surface area contributed by atoms with Crippen LogP contribution in [-0.2, 0) is 23.9 Å². The zero-order valence-electron chi connectivity index (χ0n) is 24.9. The van der Waals surface area contributed by atoms with Crippen LogP contribution in [0.15, 0.2) is 18.2 Å². The van der Waals surface area contributed by atoms with Crippen LogP contribution < -0.4 is 15.2 Å². The van der Waals surface area contributed by atoms with Gasteiger partial charge in [-0.25, -0.2) is 4.79 Å². The van der Waals surface area contributed by atoms with Crippen molar-refractivity contribution in [3.8, 4) is 11.5 Å². The van der Waals surface area contributed by atoms with Gasteiger partial charge in [-0.05, 0) is 48.8 Å². The van der Waals surface area contributed by atoms with E-state index in [1.807, 2.05) is 41.5 Å². The van der Waals surface area contributed by atoms with Crippen molar-refractivity contribution in [1.82, 2.24) is 0 Å². The van der Waals surface area contributed by atoms with E-state index in [4.69, 9.17) is 24.7 Å². The first-order valence-corrected chi connectivity index (χ1v) is 14.2. The van der Waals surface area contributed by atoms with Gasteiger partial charge in [0.2, 0.25) is 0 Å². The lowest BCUT2D eigenvalue weighted by Gasteiger charge is -2.25. The van der Waals surface area contributed by atoms with Crippen molar-refractivity contribution in [2.45, 2.75) is 105 Å². The molecule has 0 aromatic heterocycles. The van der Waals surface area contributed by atoms with Crippen LogP contribution in [0.25, 0.3) is 0 Å². The summed E-state index contributed by atoms with van der Waals surface area (Å²) in [6, 6.07) is 3.13. The number of ether oxygens (including phenoxy) is 4. The van der Waals surface area contributed by atoms with Gasteiger partial charge >= 0.3 is 24.1 Å². The van der Waals surface area contributed by atoms with Crippen LogP contribution in [0.2, 0.25) is 0 Å². The summed E-state index contributed by atoms with van der Waals surface area (Å²) in [4.78, 5) is 49.2. The summed E-state index contributed by atoms with van der Waals surface area (Å²) >= 11 is 0. The Morgan fingerprint density at radius 2 is 1.35 bits per heavy atom. The number of rotatable bonds is 17. The number of carbonyl (C=O) groups is 4. The summed E-state index contributed by atoms with van der Waals surface area (Å²) in [5.74, 6) is -2.65. The van der Waals surface area contributed by atoms with Crippen LogP contribution in [0.4, 0.5) is 4.79 Å². The quantitative estimate of drug-likeness (QED) is 0.174. The van der Waals surface area contributed by atoms with Crippen LogP contribution in [0.3, 0.4) is 0 Å². The van der Waals surface area contributed by atoms with E-state index < -0.39 is 42.1 Å². The SMILES string of the molecule is CCC(C)COC(=O)OC(C)CC(c1ccc(OC(=O)CC(C)CC)c(OC(=O)CC(C)CC)c1)[C@H](N)C(=O)O. The minimum Gasteiger partial charge on any atom is -0.480 e. The van der Waals surface area contributed by atoms with Crippen molar-refractivity contribution in [3.63, 3.8) is 0 Å². The number of carbonyl (C=O) groups excluding carboxylic acids is 3. The van der Waals surface area contributed by atoms with E-state index >= 15 is 0 Å². The summed E-state index contributed by atoms with van der Waals surface area (Å²) < 4.78 is 21.6. The molecule has 1 aromatic carbocycles. The Morgan fingerprint density at radius 1 is 0.825 bits per heavy atom. The Kier molecular flexibility index (Phi) is 15.3. The molecule has 1 rings (SSSR count). The first kappa shape index (κ1) is 34.9. The average molecular weight is 566 g/mol. The van der Waals surface area contributed by atoms with E-state index in [1.54, 1.807) is 13.0 Å². The molecule has 0 heterocycles. The molecule has 226 valence electrons. The third-order valence-corrected chi connectivity index (χ3v) is 7.05. The smallest absolute Gasteiger partial charge is 0.480 e. The number of nitrogens with two attached hydrogens (primary N) is 1. The number of hydrogen-bond acceptors (Lipinski definition) is 9. The minimum absolute atomic E-state index is 0.00701. The van der Waals surface area contributed by atoms with Gasteiger partial charge in [-0.1, -0.05) is 66.9 Å². The fraction of sp³-hybridized carbons (Fsp3) is 0.667. The number of aliphatic carboxylic acids is 1. The molecule has 0 radical (unpaired) electrons. The van der Waals surface area contributed by atoms with Gasteiger partial charge in [0.15, 0.2) is 11.5 Å². The Bertz CT molecular complexity index is 980. The Balaban J connectivity index is 3.28. The van der Waals surface area contributed by atoms with Gasteiger partial charge in [0, 0.05) is 18.8 Å². The van der Waals surface area contributed by atoms with Crippen LogP contribution in [0.1, 0.15) is 98.5 Å². The zero-order valence-corrected chi connectivity index (χ0v) is 24.9. The average Bonchev–Trinajstić information content (AvgIpc) is 2.90. The summed E-state index contributed by atoms with van der Waals surface area (Å²) in [7, 11) is 0. The predicted molar refractivity (Wildman–Crippen MR) is 150 cm³/mol. The largest absolute Gasteiger partial charge is 0.508 e. The van der Waals surface area contributed by atoms with Crippen molar-refractivity contribution >= 4 is 24.1 Å². The summed E-state index contributed by atoms with van der Waals surface area (Å²) in [6.45, 7) is 13.5. The highest BCUT2D eigenvalue weighted by Gasteiger charge is 2.30. The van der Waals surface area contributed by atoms with Gasteiger partial charge in [0.25, 0.3) is 0 Å². The van der Waals surface area contributed by atoms with Crippen LogP contribution in [-0.4, -0.2) is 47.9 Å². The van der Waals surface area contributed by atoms with Gasteiger partial charge in [-0.15, -0.1) is 0 Å². The lowest BCUT2D eigenvalue weighted by molar-refractivity contribution is -0.139. The maximum absolute atomic E-state index is 12.6. The molecule has 1 aromatic rings. The summed E-state index contributed by atoms with van der Waals surface area (Å²) in [6.07, 6.45) is 1.23. The van der Waals surface area contributed by atoms with E-state index in [9.17, 15) is 24.3 Å². The third kappa shape index (κ3) is 12.4. The number of esters is 2. The maximum atomic E-state index is 12.6. The fourth-order valence-electron chi connectivity index (χ4n) is 3.70. The molecule has 3 N–H and O–H groups in total. The van der Waals surface area contributed by atoms with Gasteiger partial charge in [-0.2, -0.15) is 0 Å². The minimum atomic E-state index is -1.36. The predicted octanol–water partition coefficient (Wildman–Crippen LogP) is 5.84. The molecule has 0 amide bonds. The topological polar surface area (TPSA) is 151 Å². The molecule has 0 saturated carbocycles. The first-order valence-electron chi connectivity index (χ1n) is 14.2. The van der Waals surface area contributed by atoms with Crippen LogP contribution in [0.5, 0.6) is 11.5 Å². The number of carboxylic acid groups (broad SMARTS) is 1. The van der Waals surface area contributed by atoms with E-state index in [-0.39, 0.29) is 55.1 Å². The van der Waals surface area contributed by atoms with E-state index in [2.05, 4.69) is 0 Å². The van der Waals surface area contributed by atoms with Gasteiger partial charge in [-0.3, -0.25) is 14.4 Å². The molecule has 5 unspecified atom stereocenters. The number of carboxylic acids is 1. The number of hydrogen-bond donors (Lipinski definition) is 2. The molecule has 0 spiro atoms. The maximum Gasteiger partial charge on any atom is 0.508 e. The Morgan fingerprint density at radius 3 is 1.85 bits per heavy atom. The molecule has 0 aliphatic rings. The molecule has 0 aliphatic heterocycles. The molecule has 0 saturated heterocycles. The second-order valence-corrected chi connectivity index (χ2v) is 10.8. The summed E-state index contributed by atoms with van der Waals surface area (Å²) in [5, 5.41) is 9.69. The highest BCUT2D eigenvalue weighted by atomic mass is 16.7. The van der Waals surface area contributed by atoms with Gasteiger partial charge < -0.3 is 29.8 Å². The standard InChI is InChI=1S/C30H47NO9/c1-8-18(4)13-26(32)39-24-12-11-22(16-25(24)40-27(33)14-19(5)9-2)23(28(31)29(34)35)15-21(7)38-30(36)37-17-20(6)10-3/h11-12,16,18-21,23,28H,8-10,13-15,17,31H2,1-7H3,(H,34,35)/t18?,19?,20?,21?,23?,28-/m0/s1. The van der Waals surface area contributed by atoms with Crippen molar-refractivity contribution in [1.29, 1.82) is 0 Å². The highest BCUT2D eigenvalue weighted by Crippen LogP contribution is 2.35. The van der Waals surface area contributed by atoms with Crippen LogP contribution in [0, 0.1) is 17.8 Å². The monoisotopic (exact) mass is 565 g/mol. The first-order chi connectivity index (χ1) is 18.8. The normalized spacial score (nSPS) is 15.6. The zero-order chi connectivity index (χ0) is 30.4. The lowest BCUT2D eigenvalue weighted by atomic mass is 9.87. The molecule has 10 heteroatoms. The highest BCUT2D eigenvalue weighted by molar-refractivity contribution is 5.77.